The van der Waals surface area contributed by atoms with Crippen LogP contribution in [0.4, 0.5) is 5.13 Å². The summed E-state index contributed by atoms with van der Waals surface area (Å²) in [6, 6.07) is 4.29. The minimum Gasteiger partial charge on any atom is -0.362 e. The summed E-state index contributed by atoms with van der Waals surface area (Å²) in [7, 11) is 2.15. The third-order valence-electron chi connectivity index (χ3n) is 2.51. The molecule has 0 aliphatic carbocycles. The first-order valence-corrected chi connectivity index (χ1v) is 7.87. The lowest BCUT2D eigenvalue weighted by atomic mass is 10.4. The summed E-state index contributed by atoms with van der Waals surface area (Å²) >= 11 is 3.57. The molecular weight excluding hydrogens is 262 g/mol. The zero-order valence-electron chi connectivity index (χ0n) is 10.8. The van der Waals surface area contributed by atoms with Crippen molar-refractivity contribution in [3.05, 3.63) is 33.5 Å². The number of thiazole rings is 1. The van der Waals surface area contributed by atoms with Gasteiger partial charge in [0.05, 0.1) is 0 Å². The number of hydrogen-bond donors (Lipinski definition) is 1. The van der Waals surface area contributed by atoms with Crippen molar-refractivity contribution in [1.29, 1.82) is 0 Å². The number of anilines is 1. The second kappa shape index (κ2) is 6.87. The molecule has 0 atom stereocenters. The quantitative estimate of drug-likeness (QED) is 0.839. The van der Waals surface area contributed by atoms with E-state index in [4.69, 9.17) is 0 Å². The molecule has 0 aromatic carbocycles. The van der Waals surface area contributed by atoms with Gasteiger partial charge < -0.3 is 5.32 Å². The van der Waals surface area contributed by atoms with Crippen molar-refractivity contribution in [2.75, 3.05) is 18.9 Å². The second-order valence-electron chi connectivity index (χ2n) is 4.31. The Balaban J connectivity index is 1.83. The van der Waals surface area contributed by atoms with Crippen molar-refractivity contribution >= 4 is 27.8 Å². The van der Waals surface area contributed by atoms with Gasteiger partial charge in [0.15, 0.2) is 5.13 Å². The number of thiophene rings is 1. The molecule has 1 N–H and O–H groups in total. The van der Waals surface area contributed by atoms with E-state index in [2.05, 4.69) is 46.7 Å². The van der Waals surface area contributed by atoms with Gasteiger partial charge in [-0.05, 0) is 24.9 Å². The van der Waals surface area contributed by atoms with E-state index < -0.39 is 0 Å². The predicted octanol–water partition coefficient (Wildman–Crippen LogP) is 3.66. The predicted molar refractivity (Wildman–Crippen MR) is 80.4 cm³/mol. The van der Waals surface area contributed by atoms with Crippen LogP contribution in [0.15, 0.2) is 23.7 Å². The van der Waals surface area contributed by atoms with Gasteiger partial charge in [-0.15, -0.1) is 22.7 Å². The summed E-state index contributed by atoms with van der Waals surface area (Å²) < 4.78 is 0. The summed E-state index contributed by atoms with van der Waals surface area (Å²) in [6.07, 6.45) is 3.11. The van der Waals surface area contributed by atoms with Crippen molar-refractivity contribution in [3.63, 3.8) is 0 Å². The van der Waals surface area contributed by atoms with Gasteiger partial charge in [-0.1, -0.05) is 13.0 Å². The third kappa shape index (κ3) is 4.08. The van der Waals surface area contributed by atoms with Crippen LogP contribution in [-0.4, -0.2) is 23.5 Å². The maximum atomic E-state index is 4.39. The molecule has 0 aliphatic heterocycles. The average Bonchev–Trinajstić information content (AvgIpc) is 2.98. The number of aromatic nitrogens is 1. The molecule has 0 amide bonds. The van der Waals surface area contributed by atoms with Gasteiger partial charge in [0.25, 0.3) is 0 Å². The van der Waals surface area contributed by atoms with E-state index in [-0.39, 0.29) is 0 Å². The molecule has 0 bridgehead atoms. The minimum atomic E-state index is 0.962. The zero-order chi connectivity index (χ0) is 12.8. The molecule has 2 aromatic heterocycles. The normalized spacial score (nSPS) is 11.1. The Hall–Kier alpha value is -0.910. The Morgan fingerprint density at radius 3 is 2.89 bits per heavy atom. The molecular formula is C13H19N3S2. The molecule has 0 aliphatic rings. The molecule has 0 saturated carbocycles. The SMILES string of the molecule is CCCNc1ncc(CN(C)Cc2cccs2)s1. The fourth-order valence-corrected chi connectivity index (χ4v) is 3.39. The van der Waals surface area contributed by atoms with Crippen LogP contribution in [0, 0.1) is 0 Å². The molecule has 5 heteroatoms. The Morgan fingerprint density at radius 1 is 1.33 bits per heavy atom. The summed E-state index contributed by atoms with van der Waals surface area (Å²) in [5, 5.41) is 6.49. The Labute approximate surface area is 116 Å². The second-order valence-corrected chi connectivity index (χ2v) is 6.46. The standard InChI is InChI=1S/C13H19N3S2/c1-3-6-14-13-15-8-12(18-13)10-16(2)9-11-5-4-7-17-11/h4-5,7-8H,3,6,9-10H2,1-2H3,(H,14,15). The third-order valence-corrected chi connectivity index (χ3v) is 4.31. The summed E-state index contributed by atoms with van der Waals surface area (Å²) in [5.41, 5.74) is 0. The van der Waals surface area contributed by atoms with Gasteiger partial charge in [0.1, 0.15) is 0 Å². The first kappa shape index (κ1) is 13.5. The average molecular weight is 281 g/mol. The Morgan fingerprint density at radius 2 is 2.17 bits per heavy atom. The molecule has 0 unspecified atom stereocenters. The lowest BCUT2D eigenvalue weighted by molar-refractivity contribution is 0.325. The largest absolute Gasteiger partial charge is 0.362 e. The molecule has 3 nitrogen and oxygen atoms in total. The topological polar surface area (TPSA) is 28.2 Å². The van der Waals surface area contributed by atoms with Crippen molar-refractivity contribution in [1.82, 2.24) is 9.88 Å². The molecule has 18 heavy (non-hydrogen) atoms. The van der Waals surface area contributed by atoms with Crippen molar-refractivity contribution in [2.24, 2.45) is 0 Å². The zero-order valence-corrected chi connectivity index (χ0v) is 12.5. The van der Waals surface area contributed by atoms with Gasteiger partial charge in [0, 0.05) is 35.6 Å². The highest BCUT2D eigenvalue weighted by Crippen LogP contribution is 2.20. The summed E-state index contributed by atoms with van der Waals surface area (Å²) in [5.74, 6) is 0. The number of rotatable bonds is 7. The van der Waals surface area contributed by atoms with Gasteiger partial charge in [0.2, 0.25) is 0 Å². The Kier molecular flexibility index (Phi) is 5.16. The first-order chi connectivity index (χ1) is 8.78. The fourth-order valence-electron chi connectivity index (χ4n) is 1.68. The van der Waals surface area contributed by atoms with Crippen LogP contribution in [0.1, 0.15) is 23.1 Å². The van der Waals surface area contributed by atoms with E-state index in [1.54, 1.807) is 11.3 Å². The summed E-state index contributed by atoms with van der Waals surface area (Å²) in [6.45, 7) is 5.13. The van der Waals surface area contributed by atoms with Crippen LogP contribution < -0.4 is 5.32 Å². The van der Waals surface area contributed by atoms with Crippen molar-refractivity contribution in [3.8, 4) is 0 Å². The van der Waals surface area contributed by atoms with Crippen LogP contribution in [0.3, 0.4) is 0 Å². The van der Waals surface area contributed by atoms with Crippen molar-refractivity contribution in [2.45, 2.75) is 26.4 Å². The van der Waals surface area contributed by atoms with Crippen LogP contribution in [0.25, 0.3) is 0 Å². The molecule has 0 radical (unpaired) electrons. The van der Waals surface area contributed by atoms with Crippen LogP contribution in [-0.2, 0) is 13.1 Å². The maximum Gasteiger partial charge on any atom is 0.182 e. The smallest absolute Gasteiger partial charge is 0.182 e. The van der Waals surface area contributed by atoms with Gasteiger partial charge >= 0.3 is 0 Å². The van der Waals surface area contributed by atoms with E-state index in [9.17, 15) is 0 Å². The van der Waals surface area contributed by atoms with Crippen LogP contribution in [0.5, 0.6) is 0 Å². The highest BCUT2D eigenvalue weighted by Gasteiger charge is 2.06. The number of nitrogens with one attached hydrogen (secondary N) is 1. The molecule has 2 rings (SSSR count). The fraction of sp³-hybridized carbons (Fsp3) is 0.462. The molecule has 2 heterocycles. The molecule has 0 spiro atoms. The molecule has 98 valence electrons. The highest BCUT2D eigenvalue weighted by atomic mass is 32.1. The monoisotopic (exact) mass is 281 g/mol. The lowest BCUT2D eigenvalue weighted by Gasteiger charge is -2.13. The van der Waals surface area contributed by atoms with E-state index >= 15 is 0 Å². The van der Waals surface area contributed by atoms with Crippen LogP contribution >= 0.6 is 22.7 Å². The molecule has 0 saturated heterocycles. The first-order valence-electron chi connectivity index (χ1n) is 6.17. The van der Waals surface area contributed by atoms with E-state index in [1.165, 1.54) is 9.75 Å². The highest BCUT2D eigenvalue weighted by molar-refractivity contribution is 7.15. The van der Waals surface area contributed by atoms with Crippen molar-refractivity contribution < 1.29 is 0 Å². The summed E-state index contributed by atoms with van der Waals surface area (Å²) in [4.78, 5) is 9.43. The number of hydrogen-bond acceptors (Lipinski definition) is 5. The van der Waals surface area contributed by atoms with E-state index in [0.29, 0.717) is 0 Å². The van der Waals surface area contributed by atoms with Crippen LogP contribution in [0.2, 0.25) is 0 Å². The van der Waals surface area contributed by atoms with E-state index in [0.717, 1.165) is 31.2 Å². The van der Waals surface area contributed by atoms with Gasteiger partial charge in [-0.2, -0.15) is 0 Å². The number of nitrogens with zero attached hydrogens (tertiary/aromatic N) is 2. The minimum absolute atomic E-state index is 0.962. The molecule has 0 fully saturated rings. The van der Waals surface area contributed by atoms with E-state index in [1.807, 2.05) is 17.5 Å². The maximum absolute atomic E-state index is 4.39. The van der Waals surface area contributed by atoms with Gasteiger partial charge in [-0.25, -0.2) is 4.98 Å². The van der Waals surface area contributed by atoms with Gasteiger partial charge in [-0.3, -0.25) is 4.90 Å². The molecule has 2 aromatic rings. The lowest BCUT2D eigenvalue weighted by Crippen LogP contribution is -2.15. The Bertz CT molecular complexity index is 451.